The number of aliphatic imine (C=N–C) groups is 1. The van der Waals surface area contributed by atoms with Gasteiger partial charge in [-0.1, -0.05) is 24.3 Å². The van der Waals surface area contributed by atoms with E-state index in [1.807, 2.05) is 49.1 Å². The highest BCUT2D eigenvalue weighted by atomic mass is 19.1. The van der Waals surface area contributed by atoms with E-state index in [1.165, 1.54) is 6.07 Å². The van der Waals surface area contributed by atoms with Gasteiger partial charge >= 0.3 is 0 Å². The normalized spacial score (nSPS) is 14.9. The van der Waals surface area contributed by atoms with E-state index < -0.39 is 0 Å². The summed E-state index contributed by atoms with van der Waals surface area (Å²) in [6.45, 7) is 6.70. The van der Waals surface area contributed by atoms with Crippen molar-refractivity contribution in [2.45, 2.75) is 38.6 Å². The van der Waals surface area contributed by atoms with Gasteiger partial charge in [0.2, 0.25) is 0 Å². The lowest BCUT2D eigenvalue weighted by Crippen LogP contribution is -2.40. The fourth-order valence-corrected chi connectivity index (χ4v) is 3.65. The van der Waals surface area contributed by atoms with Crippen LogP contribution in [-0.4, -0.2) is 43.4 Å². The van der Waals surface area contributed by atoms with Gasteiger partial charge in [0.05, 0.1) is 0 Å². The molecule has 1 amide bonds. The van der Waals surface area contributed by atoms with Crippen LogP contribution in [0.25, 0.3) is 0 Å². The zero-order chi connectivity index (χ0) is 21.6. The number of nitrogens with zero attached hydrogens (tertiary/aromatic N) is 2. The number of carbonyl (C=O) groups is 1. The number of hydrogen-bond donors (Lipinski definition) is 2. The minimum Gasteiger partial charge on any atom is -0.356 e. The van der Waals surface area contributed by atoms with Gasteiger partial charge in [0.25, 0.3) is 5.91 Å². The summed E-state index contributed by atoms with van der Waals surface area (Å²) in [5.41, 5.74) is 2.81. The van der Waals surface area contributed by atoms with E-state index in [4.69, 9.17) is 0 Å². The van der Waals surface area contributed by atoms with E-state index in [9.17, 15) is 9.18 Å². The number of hydrogen-bond acceptors (Lipinski definition) is 2. The van der Waals surface area contributed by atoms with Crippen molar-refractivity contribution in [2.24, 2.45) is 4.99 Å². The molecule has 2 aromatic carbocycles. The van der Waals surface area contributed by atoms with Crippen LogP contribution in [0.1, 0.15) is 48.2 Å². The van der Waals surface area contributed by atoms with Gasteiger partial charge in [-0.15, -0.1) is 0 Å². The monoisotopic (exact) mass is 410 g/mol. The first-order chi connectivity index (χ1) is 14.5. The largest absolute Gasteiger partial charge is 0.356 e. The first kappa shape index (κ1) is 21.8. The van der Waals surface area contributed by atoms with Crippen LogP contribution in [0.4, 0.5) is 4.39 Å². The third-order valence-corrected chi connectivity index (χ3v) is 5.82. The molecule has 0 spiro atoms. The fraction of sp³-hybridized carbons (Fsp3) is 0.417. The molecule has 160 valence electrons. The third-order valence-electron chi connectivity index (χ3n) is 5.82. The molecule has 0 heterocycles. The molecule has 1 aliphatic carbocycles. The number of benzene rings is 2. The number of carbonyl (C=O) groups excluding carboxylic acids is 1. The van der Waals surface area contributed by atoms with E-state index in [0.29, 0.717) is 37.7 Å². The van der Waals surface area contributed by atoms with Crippen molar-refractivity contribution in [3.63, 3.8) is 0 Å². The zero-order valence-electron chi connectivity index (χ0n) is 18.0. The summed E-state index contributed by atoms with van der Waals surface area (Å²) in [5, 5.41) is 6.69. The van der Waals surface area contributed by atoms with Crippen LogP contribution in [0.5, 0.6) is 0 Å². The smallest absolute Gasteiger partial charge is 0.253 e. The predicted molar refractivity (Wildman–Crippen MR) is 119 cm³/mol. The number of guanidine groups is 1. The summed E-state index contributed by atoms with van der Waals surface area (Å²) in [6.07, 6.45) is 2.09. The van der Waals surface area contributed by atoms with Crippen molar-refractivity contribution in [3.05, 3.63) is 71.0 Å². The van der Waals surface area contributed by atoms with Crippen LogP contribution in [0.2, 0.25) is 0 Å². The average Bonchev–Trinajstić information content (AvgIpc) is 3.56. The summed E-state index contributed by atoms with van der Waals surface area (Å²) in [5.74, 6) is 0.578. The molecule has 0 aromatic heterocycles. The van der Waals surface area contributed by atoms with E-state index in [-0.39, 0.29) is 17.1 Å². The van der Waals surface area contributed by atoms with Crippen molar-refractivity contribution in [1.29, 1.82) is 0 Å². The summed E-state index contributed by atoms with van der Waals surface area (Å²) in [4.78, 5) is 18.5. The lowest BCUT2D eigenvalue weighted by molar-refractivity contribution is 0.0773. The minimum atomic E-state index is -0.191. The summed E-state index contributed by atoms with van der Waals surface area (Å²) in [7, 11) is 1.74. The van der Waals surface area contributed by atoms with E-state index in [2.05, 4.69) is 15.6 Å². The molecule has 0 saturated heterocycles. The molecule has 0 unspecified atom stereocenters. The van der Waals surface area contributed by atoms with Gasteiger partial charge in [-0.3, -0.25) is 9.79 Å². The molecule has 30 heavy (non-hydrogen) atoms. The first-order valence-corrected chi connectivity index (χ1v) is 10.6. The Kier molecular flexibility index (Phi) is 7.08. The lowest BCUT2D eigenvalue weighted by Gasteiger charge is -2.20. The van der Waals surface area contributed by atoms with E-state index in [1.54, 1.807) is 19.2 Å². The highest BCUT2D eigenvalue weighted by Gasteiger charge is 2.44. The van der Waals surface area contributed by atoms with Crippen LogP contribution < -0.4 is 10.6 Å². The van der Waals surface area contributed by atoms with E-state index >= 15 is 0 Å². The maximum Gasteiger partial charge on any atom is 0.253 e. The quantitative estimate of drug-likeness (QED) is 0.515. The standard InChI is InChI=1S/C24H31FN4O/c1-4-29(5-2)22(30)19-11-9-18(10-12-19)16-27-23(26-3)28-17-24(13-14-24)20-7-6-8-21(25)15-20/h6-12,15H,4-5,13-14,16-17H2,1-3H3,(H2,26,27,28). The fourth-order valence-electron chi connectivity index (χ4n) is 3.65. The molecule has 1 aliphatic rings. The highest BCUT2D eigenvalue weighted by molar-refractivity contribution is 5.94. The Balaban J connectivity index is 1.53. The third kappa shape index (κ3) is 5.17. The molecule has 0 atom stereocenters. The number of rotatable bonds is 8. The highest BCUT2D eigenvalue weighted by Crippen LogP contribution is 2.47. The van der Waals surface area contributed by atoms with Gasteiger partial charge in [-0.25, -0.2) is 4.39 Å². The second-order valence-corrected chi connectivity index (χ2v) is 7.74. The van der Waals surface area contributed by atoms with Gasteiger partial charge in [0.1, 0.15) is 5.82 Å². The molecule has 1 saturated carbocycles. The van der Waals surface area contributed by atoms with Gasteiger partial charge in [0, 0.05) is 44.2 Å². The summed E-state index contributed by atoms with van der Waals surface area (Å²) < 4.78 is 13.6. The summed E-state index contributed by atoms with van der Waals surface area (Å²) in [6, 6.07) is 14.5. The zero-order valence-corrected chi connectivity index (χ0v) is 18.0. The molecule has 2 aromatic rings. The lowest BCUT2D eigenvalue weighted by atomic mass is 9.96. The van der Waals surface area contributed by atoms with Crippen molar-refractivity contribution in [2.75, 3.05) is 26.7 Å². The van der Waals surface area contributed by atoms with Crippen molar-refractivity contribution >= 4 is 11.9 Å². The molecule has 3 rings (SSSR count). The second-order valence-electron chi connectivity index (χ2n) is 7.74. The second kappa shape index (κ2) is 9.74. The Morgan fingerprint density at radius 2 is 1.80 bits per heavy atom. The molecular weight excluding hydrogens is 379 g/mol. The Bertz CT molecular complexity index is 886. The molecule has 0 bridgehead atoms. The number of halogens is 1. The van der Waals surface area contributed by atoms with Crippen LogP contribution in [0, 0.1) is 5.82 Å². The molecule has 1 fully saturated rings. The van der Waals surface area contributed by atoms with Gasteiger partial charge in [0.15, 0.2) is 5.96 Å². The van der Waals surface area contributed by atoms with Crippen molar-refractivity contribution in [1.82, 2.24) is 15.5 Å². The Labute approximate surface area is 178 Å². The predicted octanol–water partition coefficient (Wildman–Crippen LogP) is 3.70. The van der Waals surface area contributed by atoms with Crippen LogP contribution in [-0.2, 0) is 12.0 Å². The maximum absolute atomic E-state index is 13.6. The van der Waals surface area contributed by atoms with E-state index in [0.717, 1.165) is 24.0 Å². The molecule has 6 heteroatoms. The van der Waals surface area contributed by atoms with Gasteiger partial charge in [-0.2, -0.15) is 0 Å². The molecule has 5 nitrogen and oxygen atoms in total. The number of nitrogens with one attached hydrogen (secondary N) is 2. The van der Waals surface area contributed by atoms with Crippen LogP contribution in [0.3, 0.4) is 0 Å². The molecular formula is C24H31FN4O. The van der Waals surface area contributed by atoms with Crippen LogP contribution >= 0.6 is 0 Å². The average molecular weight is 411 g/mol. The van der Waals surface area contributed by atoms with Crippen molar-refractivity contribution < 1.29 is 9.18 Å². The Morgan fingerprint density at radius 1 is 1.10 bits per heavy atom. The van der Waals surface area contributed by atoms with Gasteiger partial charge in [-0.05, 0) is 62.1 Å². The molecule has 0 radical (unpaired) electrons. The maximum atomic E-state index is 13.6. The Morgan fingerprint density at radius 3 is 2.37 bits per heavy atom. The topological polar surface area (TPSA) is 56.7 Å². The van der Waals surface area contributed by atoms with Gasteiger partial charge < -0.3 is 15.5 Å². The molecule has 0 aliphatic heterocycles. The first-order valence-electron chi connectivity index (χ1n) is 10.6. The Hall–Kier alpha value is -2.89. The summed E-state index contributed by atoms with van der Waals surface area (Å²) >= 11 is 0. The molecule has 2 N–H and O–H groups in total. The number of amides is 1. The van der Waals surface area contributed by atoms with Crippen molar-refractivity contribution in [3.8, 4) is 0 Å². The SMILES string of the molecule is CCN(CC)C(=O)c1ccc(CNC(=NC)NCC2(c3cccc(F)c3)CC2)cc1. The van der Waals surface area contributed by atoms with Crippen LogP contribution in [0.15, 0.2) is 53.5 Å². The minimum absolute atomic E-state index is 0.00778.